The summed E-state index contributed by atoms with van der Waals surface area (Å²) < 4.78 is 0. The van der Waals surface area contributed by atoms with E-state index in [4.69, 9.17) is 0 Å². The average molecular weight is 411 g/mol. The number of rotatable bonds is 7. The van der Waals surface area contributed by atoms with Crippen molar-refractivity contribution >= 4 is 40.7 Å². The molecule has 1 aliphatic carbocycles. The number of Topliss-reactive ketones (excluding diaryl/α,β-unsaturated/α-hetero) is 1. The molecule has 2 aromatic rings. The highest BCUT2D eigenvalue weighted by molar-refractivity contribution is 8.00. The van der Waals surface area contributed by atoms with Crippen molar-refractivity contribution in [3.63, 3.8) is 0 Å². The first-order valence-electron chi connectivity index (χ1n) is 9.96. The van der Waals surface area contributed by atoms with Gasteiger partial charge >= 0.3 is 0 Å². The van der Waals surface area contributed by atoms with Crippen LogP contribution < -0.4 is 10.6 Å². The zero-order valence-corrected chi connectivity index (χ0v) is 17.4. The van der Waals surface area contributed by atoms with Crippen molar-refractivity contribution in [3.8, 4) is 0 Å². The van der Waals surface area contributed by atoms with E-state index in [0.717, 1.165) is 36.3 Å². The van der Waals surface area contributed by atoms with Crippen LogP contribution in [0, 0.1) is 5.92 Å². The summed E-state index contributed by atoms with van der Waals surface area (Å²) in [7, 11) is 0. The zero-order valence-electron chi connectivity index (χ0n) is 16.6. The molecule has 0 unspecified atom stereocenters. The zero-order chi connectivity index (χ0) is 20.6. The topological polar surface area (TPSA) is 75.3 Å². The third-order valence-corrected chi connectivity index (χ3v) is 6.02. The molecule has 0 aliphatic heterocycles. The van der Waals surface area contributed by atoms with Gasteiger partial charge in [-0.15, -0.1) is 11.8 Å². The van der Waals surface area contributed by atoms with Crippen molar-refractivity contribution in [2.24, 2.45) is 5.92 Å². The molecule has 5 nitrogen and oxygen atoms in total. The third kappa shape index (κ3) is 6.46. The number of carbonyl (C=O) groups excluding carboxylic acids is 3. The monoisotopic (exact) mass is 410 g/mol. The SMILES string of the molecule is CC(=O)c1ccc(NC(=O)CSc2cccc(NC(=O)C3CCCCC3)c2)cc1. The minimum absolute atomic E-state index is 0.00566. The lowest BCUT2D eigenvalue weighted by Crippen LogP contribution is -2.24. The predicted octanol–water partition coefficient (Wildman–Crippen LogP) is 5.14. The van der Waals surface area contributed by atoms with Crippen molar-refractivity contribution in [3.05, 3.63) is 54.1 Å². The van der Waals surface area contributed by atoms with Gasteiger partial charge in [-0.2, -0.15) is 0 Å². The molecule has 6 heteroatoms. The lowest BCUT2D eigenvalue weighted by atomic mass is 9.88. The first-order chi connectivity index (χ1) is 14.0. The Morgan fingerprint density at radius 2 is 1.66 bits per heavy atom. The van der Waals surface area contributed by atoms with Crippen molar-refractivity contribution in [1.29, 1.82) is 0 Å². The molecule has 2 aromatic carbocycles. The molecule has 0 aromatic heterocycles. The number of hydrogen-bond donors (Lipinski definition) is 2. The summed E-state index contributed by atoms with van der Waals surface area (Å²) >= 11 is 1.42. The van der Waals surface area contributed by atoms with Gasteiger partial charge in [-0.1, -0.05) is 25.3 Å². The van der Waals surface area contributed by atoms with Gasteiger partial charge in [0.05, 0.1) is 5.75 Å². The van der Waals surface area contributed by atoms with Crippen LogP contribution in [-0.4, -0.2) is 23.4 Å². The molecular formula is C23H26N2O3S. The first kappa shape index (κ1) is 21.1. The van der Waals surface area contributed by atoms with Gasteiger partial charge < -0.3 is 10.6 Å². The maximum Gasteiger partial charge on any atom is 0.234 e. The number of ketones is 1. The Bertz CT molecular complexity index is 874. The van der Waals surface area contributed by atoms with E-state index in [1.54, 1.807) is 24.3 Å². The van der Waals surface area contributed by atoms with E-state index in [0.29, 0.717) is 11.3 Å². The fourth-order valence-corrected chi connectivity index (χ4v) is 4.16. The Kier molecular flexibility index (Phi) is 7.47. The largest absolute Gasteiger partial charge is 0.326 e. The predicted molar refractivity (Wildman–Crippen MR) is 117 cm³/mol. The molecule has 0 heterocycles. The molecule has 152 valence electrons. The van der Waals surface area contributed by atoms with E-state index < -0.39 is 0 Å². The van der Waals surface area contributed by atoms with E-state index >= 15 is 0 Å². The molecule has 1 aliphatic rings. The van der Waals surface area contributed by atoms with E-state index in [1.165, 1.54) is 25.1 Å². The van der Waals surface area contributed by atoms with Gasteiger partial charge in [0.25, 0.3) is 0 Å². The number of carbonyl (C=O) groups is 3. The van der Waals surface area contributed by atoms with Gasteiger partial charge in [-0.25, -0.2) is 0 Å². The van der Waals surface area contributed by atoms with Gasteiger partial charge in [-0.05, 0) is 62.2 Å². The number of benzene rings is 2. The maximum absolute atomic E-state index is 12.4. The van der Waals surface area contributed by atoms with Crippen LogP contribution in [0.5, 0.6) is 0 Å². The van der Waals surface area contributed by atoms with Crippen LogP contribution >= 0.6 is 11.8 Å². The first-order valence-corrected chi connectivity index (χ1v) is 10.9. The smallest absolute Gasteiger partial charge is 0.234 e. The highest BCUT2D eigenvalue weighted by Gasteiger charge is 2.21. The fraction of sp³-hybridized carbons (Fsp3) is 0.348. The number of thioether (sulfide) groups is 1. The summed E-state index contributed by atoms with van der Waals surface area (Å²) in [5, 5.41) is 5.84. The molecule has 2 amide bonds. The molecule has 1 fully saturated rings. The molecule has 3 rings (SSSR count). The van der Waals surface area contributed by atoms with Crippen molar-refractivity contribution in [2.75, 3.05) is 16.4 Å². The molecule has 0 saturated heterocycles. The lowest BCUT2D eigenvalue weighted by molar-refractivity contribution is -0.120. The van der Waals surface area contributed by atoms with Crippen LogP contribution in [0.25, 0.3) is 0 Å². The van der Waals surface area contributed by atoms with Gasteiger partial charge in [0.15, 0.2) is 5.78 Å². The lowest BCUT2D eigenvalue weighted by Gasteiger charge is -2.20. The second-order valence-electron chi connectivity index (χ2n) is 7.32. The van der Waals surface area contributed by atoms with Crippen molar-refractivity contribution < 1.29 is 14.4 Å². The second kappa shape index (κ2) is 10.3. The van der Waals surface area contributed by atoms with Crippen LogP contribution in [0.1, 0.15) is 49.4 Å². The van der Waals surface area contributed by atoms with Crippen molar-refractivity contribution in [1.82, 2.24) is 0 Å². The Morgan fingerprint density at radius 1 is 0.931 bits per heavy atom. The van der Waals surface area contributed by atoms with Crippen LogP contribution in [0.4, 0.5) is 11.4 Å². The van der Waals surface area contributed by atoms with Crippen LogP contribution in [0.2, 0.25) is 0 Å². The van der Waals surface area contributed by atoms with Gasteiger partial charge in [0.2, 0.25) is 11.8 Å². The number of amides is 2. The summed E-state index contributed by atoms with van der Waals surface area (Å²) in [5.74, 6) is 0.337. The Morgan fingerprint density at radius 3 is 2.34 bits per heavy atom. The molecule has 0 atom stereocenters. The number of nitrogens with one attached hydrogen (secondary N) is 2. The molecular weight excluding hydrogens is 384 g/mol. The van der Waals surface area contributed by atoms with Gasteiger partial charge in [0, 0.05) is 27.8 Å². The molecule has 0 bridgehead atoms. The minimum atomic E-state index is -0.123. The Hall–Kier alpha value is -2.60. The molecule has 2 N–H and O–H groups in total. The summed E-state index contributed by atoms with van der Waals surface area (Å²) in [6.07, 6.45) is 5.40. The van der Waals surface area contributed by atoms with E-state index in [-0.39, 0.29) is 29.3 Å². The standard InChI is InChI=1S/C23H26N2O3S/c1-16(26)17-10-12-19(13-11-17)24-22(27)15-29-21-9-5-8-20(14-21)25-23(28)18-6-3-2-4-7-18/h5,8-14,18H,2-4,6-7,15H2,1H3,(H,24,27)(H,25,28). The van der Waals surface area contributed by atoms with E-state index in [9.17, 15) is 14.4 Å². The quantitative estimate of drug-likeness (QED) is 0.490. The third-order valence-electron chi connectivity index (χ3n) is 5.02. The number of hydrogen-bond acceptors (Lipinski definition) is 4. The summed E-state index contributed by atoms with van der Waals surface area (Å²) in [6.45, 7) is 1.51. The van der Waals surface area contributed by atoms with Crippen LogP contribution in [0.3, 0.4) is 0 Å². The van der Waals surface area contributed by atoms with Crippen LogP contribution in [-0.2, 0) is 9.59 Å². The fourth-order valence-electron chi connectivity index (χ4n) is 3.41. The van der Waals surface area contributed by atoms with Gasteiger partial charge in [-0.3, -0.25) is 14.4 Å². The molecule has 0 radical (unpaired) electrons. The summed E-state index contributed by atoms with van der Waals surface area (Å²) in [6, 6.07) is 14.4. The van der Waals surface area contributed by atoms with Crippen molar-refractivity contribution in [2.45, 2.75) is 43.9 Å². The Balaban J connectivity index is 1.50. The normalized spacial score (nSPS) is 14.2. The summed E-state index contributed by atoms with van der Waals surface area (Å²) in [5.41, 5.74) is 2.05. The second-order valence-corrected chi connectivity index (χ2v) is 8.37. The maximum atomic E-state index is 12.4. The Labute approximate surface area is 175 Å². The van der Waals surface area contributed by atoms with E-state index in [1.807, 2.05) is 24.3 Å². The molecule has 29 heavy (non-hydrogen) atoms. The number of anilines is 2. The highest BCUT2D eigenvalue weighted by atomic mass is 32.2. The van der Waals surface area contributed by atoms with E-state index in [2.05, 4.69) is 10.6 Å². The molecule has 0 spiro atoms. The average Bonchev–Trinajstić information content (AvgIpc) is 2.73. The highest BCUT2D eigenvalue weighted by Crippen LogP contribution is 2.26. The molecule has 1 saturated carbocycles. The van der Waals surface area contributed by atoms with Crippen LogP contribution in [0.15, 0.2) is 53.4 Å². The summed E-state index contributed by atoms with van der Waals surface area (Å²) in [4.78, 5) is 36.8. The van der Waals surface area contributed by atoms with Gasteiger partial charge in [0.1, 0.15) is 0 Å². The minimum Gasteiger partial charge on any atom is -0.326 e.